The van der Waals surface area contributed by atoms with Crippen molar-refractivity contribution in [3.05, 3.63) is 65.9 Å². The third-order valence-corrected chi connectivity index (χ3v) is 9.41. The molecule has 0 bridgehead atoms. The number of phenols is 1. The lowest BCUT2D eigenvalue weighted by Crippen LogP contribution is -2.61. The molecule has 21 heteroatoms. The summed E-state index contributed by atoms with van der Waals surface area (Å²) in [4.78, 5) is 99.1. The molecule has 0 aliphatic rings. The number of aliphatic hydroxyl groups is 1. The lowest BCUT2D eigenvalue weighted by Gasteiger charge is -2.28. The molecule has 3 rings (SSSR count). The first-order chi connectivity index (χ1) is 28.3. The third kappa shape index (κ3) is 14.6. The third-order valence-electron chi connectivity index (χ3n) is 9.41. The van der Waals surface area contributed by atoms with Gasteiger partial charge in [-0.2, -0.15) is 0 Å². The molecule has 0 saturated carbocycles. The highest BCUT2D eigenvalue weighted by Crippen LogP contribution is 2.20. The zero-order chi connectivity index (χ0) is 44.7. The topological polar surface area (TPSA) is 373 Å². The molecule has 1 aromatic heterocycles. The van der Waals surface area contributed by atoms with Crippen LogP contribution in [0.1, 0.15) is 51.2 Å². The van der Waals surface area contributed by atoms with Crippen LogP contribution >= 0.6 is 0 Å². The quantitative estimate of drug-likeness (QED) is 0.0266. The van der Waals surface area contributed by atoms with E-state index >= 15 is 0 Å². The second-order valence-corrected chi connectivity index (χ2v) is 14.6. The Morgan fingerprint density at radius 3 is 1.88 bits per heavy atom. The second kappa shape index (κ2) is 22.4. The Morgan fingerprint density at radius 2 is 1.30 bits per heavy atom. The summed E-state index contributed by atoms with van der Waals surface area (Å²) in [6.07, 6.45) is -0.458. The van der Waals surface area contributed by atoms with Crippen LogP contribution in [-0.2, 0) is 46.4 Å². The molecule has 17 N–H and O–H groups in total. The number of fused-ring (bicyclic) bond motifs is 1. The number of aliphatic carboxylic acids is 1. The molecule has 1 heterocycles. The molecule has 7 atom stereocenters. The first-order valence-electron chi connectivity index (χ1n) is 19.1. The highest BCUT2D eigenvalue weighted by atomic mass is 16.4. The Morgan fingerprint density at radius 1 is 0.733 bits per heavy atom. The first-order valence-corrected chi connectivity index (χ1v) is 19.1. The summed E-state index contributed by atoms with van der Waals surface area (Å²) in [5, 5.41) is 42.8. The van der Waals surface area contributed by atoms with E-state index in [0.29, 0.717) is 11.1 Å². The number of rotatable bonds is 23. The second-order valence-electron chi connectivity index (χ2n) is 14.6. The highest BCUT2D eigenvalue weighted by molar-refractivity contribution is 5.97. The molecule has 21 nitrogen and oxygen atoms in total. The van der Waals surface area contributed by atoms with Gasteiger partial charge >= 0.3 is 5.97 Å². The molecule has 0 saturated heterocycles. The number of primary amides is 1. The predicted molar refractivity (Wildman–Crippen MR) is 219 cm³/mol. The highest BCUT2D eigenvalue weighted by Gasteiger charge is 2.35. The van der Waals surface area contributed by atoms with Crippen molar-refractivity contribution in [3.8, 4) is 5.75 Å². The SMILES string of the molecule is CC(C)[C@H](NC(=O)[C@H](Cc1c[nH]c2ccccc12)NC(=O)[C@H](Cc1ccc(O)cc1)NC(=O)[C@H](CCCN=C(N)N)NC(=O)[C@@H](N)[C@@H](C)O)C(=O)N[C@@H](CC(N)=O)C(=O)O. The van der Waals surface area contributed by atoms with Crippen LogP contribution in [0.3, 0.4) is 0 Å². The van der Waals surface area contributed by atoms with Crippen molar-refractivity contribution in [2.45, 2.75) is 95.2 Å². The number of hydrogen-bond acceptors (Lipinski definition) is 11. The molecule has 0 aliphatic heterocycles. The fourth-order valence-corrected chi connectivity index (χ4v) is 6.06. The van der Waals surface area contributed by atoms with Gasteiger partial charge in [-0.15, -0.1) is 0 Å². The molecule has 60 heavy (non-hydrogen) atoms. The minimum Gasteiger partial charge on any atom is -0.508 e. The molecular formula is C39H55N11O10. The number of aromatic hydroxyl groups is 1. The Balaban J connectivity index is 2.01. The maximum atomic E-state index is 14.4. The number of nitrogens with zero attached hydrogens (tertiary/aromatic N) is 1. The van der Waals surface area contributed by atoms with Crippen molar-refractivity contribution < 1.29 is 48.9 Å². The summed E-state index contributed by atoms with van der Waals surface area (Å²) in [6.45, 7) is 4.56. The molecule has 2 aromatic carbocycles. The van der Waals surface area contributed by atoms with E-state index in [4.69, 9.17) is 22.9 Å². The van der Waals surface area contributed by atoms with Crippen molar-refractivity contribution >= 4 is 58.3 Å². The number of amides is 6. The van der Waals surface area contributed by atoms with Crippen LogP contribution in [-0.4, -0.2) is 117 Å². The summed E-state index contributed by atoms with van der Waals surface area (Å²) < 4.78 is 0. The molecular weight excluding hydrogens is 782 g/mol. The lowest BCUT2D eigenvalue weighted by molar-refractivity contribution is -0.144. The van der Waals surface area contributed by atoms with Crippen molar-refractivity contribution in [1.29, 1.82) is 0 Å². The first kappa shape index (κ1) is 47.6. The van der Waals surface area contributed by atoms with E-state index in [9.17, 15) is 48.9 Å². The molecule has 6 amide bonds. The number of aromatic nitrogens is 1. The van der Waals surface area contributed by atoms with Crippen LogP contribution in [0.2, 0.25) is 0 Å². The summed E-state index contributed by atoms with van der Waals surface area (Å²) in [6, 6.07) is 4.41. The molecule has 0 spiro atoms. The number of nitrogens with one attached hydrogen (secondary N) is 6. The number of para-hydroxylation sites is 1. The minimum atomic E-state index is -1.68. The van der Waals surface area contributed by atoms with Crippen molar-refractivity contribution in [2.75, 3.05) is 6.54 Å². The van der Waals surface area contributed by atoms with Gasteiger partial charge in [0.15, 0.2) is 5.96 Å². The van der Waals surface area contributed by atoms with Gasteiger partial charge < -0.3 is 69.8 Å². The summed E-state index contributed by atoms with van der Waals surface area (Å²) >= 11 is 0. The normalized spacial score (nSPS) is 14.6. The van der Waals surface area contributed by atoms with E-state index in [-0.39, 0.29) is 43.9 Å². The summed E-state index contributed by atoms with van der Waals surface area (Å²) in [5.41, 5.74) is 23.7. The number of hydrogen-bond donors (Lipinski definition) is 13. The van der Waals surface area contributed by atoms with Gasteiger partial charge in [0.2, 0.25) is 35.4 Å². The number of carbonyl (C=O) groups is 7. The van der Waals surface area contributed by atoms with Crippen molar-refractivity contribution in [2.24, 2.45) is 33.8 Å². The smallest absolute Gasteiger partial charge is 0.326 e. The van der Waals surface area contributed by atoms with Gasteiger partial charge in [0.1, 0.15) is 42.0 Å². The van der Waals surface area contributed by atoms with Crippen LogP contribution in [0.5, 0.6) is 5.75 Å². The average Bonchev–Trinajstić information content (AvgIpc) is 3.59. The fourth-order valence-electron chi connectivity index (χ4n) is 6.06. The number of aromatic amines is 1. The summed E-state index contributed by atoms with van der Waals surface area (Å²) in [7, 11) is 0. The maximum Gasteiger partial charge on any atom is 0.326 e. The number of H-pyrrole nitrogens is 1. The van der Waals surface area contributed by atoms with Crippen LogP contribution in [0.4, 0.5) is 0 Å². The van der Waals surface area contributed by atoms with E-state index in [0.717, 1.165) is 10.9 Å². The van der Waals surface area contributed by atoms with Gasteiger partial charge in [0, 0.05) is 36.5 Å². The predicted octanol–water partition coefficient (Wildman–Crippen LogP) is -2.54. The number of carboxylic acids is 1. The number of benzene rings is 2. The Bertz CT molecular complexity index is 2010. The van der Waals surface area contributed by atoms with Gasteiger partial charge in [-0.3, -0.25) is 33.8 Å². The van der Waals surface area contributed by atoms with E-state index in [1.54, 1.807) is 44.3 Å². The summed E-state index contributed by atoms with van der Waals surface area (Å²) in [5.74, 6) is -7.70. The fraction of sp³-hybridized carbons (Fsp3) is 0.436. The zero-order valence-electron chi connectivity index (χ0n) is 33.5. The van der Waals surface area contributed by atoms with Crippen LogP contribution < -0.4 is 49.5 Å². The van der Waals surface area contributed by atoms with Gasteiger partial charge in [-0.25, -0.2) is 4.79 Å². The number of phenolic OH excluding ortho intramolecular Hbond substituents is 1. The lowest BCUT2D eigenvalue weighted by atomic mass is 9.99. The number of aliphatic hydroxyl groups excluding tert-OH is 1. The minimum absolute atomic E-state index is 0.0269. The van der Waals surface area contributed by atoms with Gasteiger partial charge in [0.05, 0.1) is 12.5 Å². The molecule has 0 fully saturated rings. The standard InChI is InChI=1S/C39H55N11O10/c1-19(2)32(37(58)49-29(38(59)60)17-30(40)53)50-35(56)28(16-22-18-45-25-8-5-4-7-24(22)25)48-34(55)27(15-21-10-12-23(52)13-11-21)47-33(54)26(9-6-14-44-39(42)43)46-36(57)31(41)20(3)51/h4-5,7-8,10-13,18-20,26-29,31-32,45,51-52H,6,9,14-17,41H2,1-3H3,(H2,40,53)(H,46,57)(H,47,54)(H,48,55)(H,49,58)(H,50,56)(H,59,60)(H4,42,43,44)/t20-,26+,27+,28+,29+,31+,32+/m1/s1. The number of carboxylic acid groups (broad SMARTS) is 1. The average molecular weight is 838 g/mol. The molecule has 0 unspecified atom stereocenters. The Hall–Kier alpha value is -6.74. The van der Waals surface area contributed by atoms with Crippen LogP contribution in [0, 0.1) is 5.92 Å². The number of nitrogens with two attached hydrogens (primary N) is 4. The van der Waals surface area contributed by atoms with Crippen molar-refractivity contribution in [3.63, 3.8) is 0 Å². The van der Waals surface area contributed by atoms with E-state index in [2.05, 4.69) is 36.6 Å². The molecule has 0 aliphatic carbocycles. The van der Waals surface area contributed by atoms with E-state index < -0.39 is 96.1 Å². The molecule has 326 valence electrons. The van der Waals surface area contributed by atoms with Gasteiger partial charge in [0.25, 0.3) is 0 Å². The zero-order valence-corrected chi connectivity index (χ0v) is 33.5. The Kier molecular flexibility index (Phi) is 17.8. The van der Waals surface area contributed by atoms with Crippen molar-refractivity contribution in [1.82, 2.24) is 31.6 Å². The van der Waals surface area contributed by atoms with Gasteiger partial charge in [-0.1, -0.05) is 44.2 Å². The van der Waals surface area contributed by atoms with Crippen LogP contribution in [0.25, 0.3) is 10.9 Å². The maximum absolute atomic E-state index is 14.4. The Labute approximate surface area is 345 Å². The number of aliphatic imine (C=N–C) groups is 1. The van der Waals surface area contributed by atoms with E-state index in [1.807, 2.05) is 0 Å². The van der Waals surface area contributed by atoms with E-state index in [1.165, 1.54) is 31.2 Å². The number of carbonyl (C=O) groups excluding carboxylic acids is 6. The monoisotopic (exact) mass is 837 g/mol. The van der Waals surface area contributed by atoms with Crippen LogP contribution in [0.15, 0.2) is 59.7 Å². The molecule has 3 aromatic rings. The molecule has 0 radical (unpaired) electrons. The largest absolute Gasteiger partial charge is 0.508 e. The number of guanidine groups is 1. The van der Waals surface area contributed by atoms with Gasteiger partial charge in [-0.05, 0) is 55.0 Å².